The summed E-state index contributed by atoms with van der Waals surface area (Å²) in [6.07, 6.45) is 2.09. The average Bonchev–Trinajstić information content (AvgIpc) is 2.85. The number of para-hydroxylation sites is 1. The number of benzene rings is 3. The zero-order valence-corrected chi connectivity index (χ0v) is 18.5. The molecule has 6 heteroatoms. The molecule has 0 spiro atoms. The Bertz CT molecular complexity index is 1140. The third-order valence-corrected chi connectivity index (χ3v) is 6.16. The summed E-state index contributed by atoms with van der Waals surface area (Å²) in [7, 11) is 0. The van der Waals surface area contributed by atoms with Crippen molar-refractivity contribution in [2.24, 2.45) is 5.92 Å². The number of anilines is 2. The van der Waals surface area contributed by atoms with E-state index in [0.29, 0.717) is 42.7 Å². The number of hydrogen-bond acceptors (Lipinski definition) is 3. The number of aryl methyl sites for hydroxylation is 1. The highest BCUT2D eigenvalue weighted by Crippen LogP contribution is 2.32. The summed E-state index contributed by atoms with van der Waals surface area (Å²) in [6, 6.07) is 17.0. The van der Waals surface area contributed by atoms with E-state index in [9.17, 15) is 18.4 Å². The van der Waals surface area contributed by atoms with Crippen LogP contribution in [0.1, 0.15) is 46.0 Å². The van der Waals surface area contributed by atoms with Crippen molar-refractivity contribution in [3.8, 4) is 0 Å². The molecule has 1 saturated heterocycles. The second-order valence-corrected chi connectivity index (χ2v) is 8.26. The topological polar surface area (TPSA) is 49.4 Å². The first kappa shape index (κ1) is 22.6. The Morgan fingerprint density at radius 2 is 1.52 bits per heavy atom. The van der Waals surface area contributed by atoms with Gasteiger partial charge in [-0.05, 0) is 79.4 Å². The van der Waals surface area contributed by atoms with Crippen molar-refractivity contribution in [2.75, 3.05) is 23.3 Å². The number of rotatable bonds is 6. The molecule has 3 aromatic carbocycles. The van der Waals surface area contributed by atoms with Gasteiger partial charge in [0.15, 0.2) is 5.78 Å². The van der Waals surface area contributed by atoms with Crippen molar-refractivity contribution < 1.29 is 18.4 Å². The number of carbonyl (C=O) groups is 2. The maximum atomic E-state index is 13.2. The highest BCUT2D eigenvalue weighted by molar-refractivity contribution is 6.08. The number of amides is 1. The predicted molar refractivity (Wildman–Crippen MR) is 126 cm³/mol. The Hall–Kier alpha value is -3.54. The maximum absolute atomic E-state index is 13.2. The van der Waals surface area contributed by atoms with E-state index in [-0.39, 0.29) is 29.2 Å². The van der Waals surface area contributed by atoms with Gasteiger partial charge >= 0.3 is 0 Å². The molecular formula is C27H26F2N2O2. The molecule has 1 fully saturated rings. The number of Topliss-reactive ketones (excluding diaryl/α,β-unsaturated/α-hetero) is 1. The van der Waals surface area contributed by atoms with Crippen molar-refractivity contribution in [3.05, 3.63) is 95.1 Å². The Balaban J connectivity index is 1.51. The van der Waals surface area contributed by atoms with Crippen LogP contribution in [0, 0.1) is 17.6 Å². The van der Waals surface area contributed by atoms with Crippen LogP contribution in [0.4, 0.5) is 20.2 Å². The first-order valence-electron chi connectivity index (χ1n) is 11.2. The SMILES string of the molecule is CCc1cccc(C(=O)Nc2ccc(F)cc2)c1N1CCC(C(=O)c2ccc(F)cc2)CC1. The monoisotopic (exact) mass is 448 g/mol. The van der Waals surface area contributed by atoms with E-state index in [1.165, 1.54) is 48.5 Å². The Morgan fingerprint density at radius 3 is 2.12 bits per heavy atom. The molecule has 1 N–H and O–H groups in total. The van der Waals surface area contributed by atoms with E-state index in [1.54, 1.807) is 6.07 Å². The van der Waals surface area contributed by atoms with Crippen molar-refractivity contribution in [2.45, 2.75) is 26.2 Å². The molecule has 0 atom stereocenters. The third-order valence-electron chi connectivity index (χ3n) is 6.16. The Labute approximate surface area is 192 Å². The smallest absolute Gasteiger partial charge is 0.257 e. The zero-order chi connectivity index (χ0) is 23.4. The van der Waals surface area contributed by atoms with Crippen LogP contribution in [0.3, 0.4) is 0 Å². The zero-order valence-electron chi connectivity index (χ0n) is 18.5. The molecule has 170 valence electrons. The lowest BCUT2D eigenvalue weighted by molar-refractivity contribution is 0.0899. The molecule has 1 heterocycles. The van der Waals surface area contributed by atoms with Gasteiger partial charge in [0.2, 0.25) is 0 Å². The summed E-state index contributed by atoms with van der Waals surface area (Å²) in [5.41, 5.74) is 3.56. The lowest BCUT2D eigenvalue weighted by Crippen LogP contribution is -2.38. The highest BCUT2D eigenvalue weighted by atomic mass is 19.1. The lowest BCUT2D eigenvalue weighted by Gasteiger charge is -2.35. The molecule has 1 aliphatic rings. The van der Waals surface area contributed by atoms with Gasteiger partial charge in [-0.1, -0.05) is 19.1 Å². The number of nitrogens with one attached hydrogen (secondary N) is 1. The summed E-state index contributed by atoms with van der Waals surface area (Å²) in [6.45, 7) is 3.34. The van der Waals surface area contributed by atoms with Crippen LogP contribution in [-0.4, -0.2) is 24.8 Å². The predicted octanol–water partition coefficient (Wildman–Crippen LogP) is 5.88. The van der Waals surface area contributed by atoms with E-state index >= 15 is 0 Å². The van der Waals surface area contributed by atoms with Gasteiger partial charge in [0.05, 0.1) is 11.3 Å². The number of nitrogens with zero attached hydrogens (tertiary/aromatic N) is 1. The van der Waals surface area contributed by atoms with Gasteiger partial charge < -0.3 is 10.2 Å². The quantitative estimate of drug-likeness (QED) is 0.479. The van der Waals surface area contributed by atoms with Gasteiger partial charge in [-0.15, -0.1) is 0 Å². The third kappa shape index (κ3) is 5.11. The molecule has 1 aliphatic heterocycles. The number of piperidine rings is 1. The van der Waals surface area contributed by atoms with Gasteiger partial charge in [-0.3, -0.25) is 9.59 Å². The van der Waals surface area contributed by atoms with E-state index in [1.807, 2.05) is 19.1 Å². The van der Waals surface area contributed by atoms with E-state index in [0.717, 1.165) is 17.7 Å². The fourth-order valence-corrected chi connectivity index (χ4v) is 4.38. The second kappa shape index (κ2) is 9.94. The Kier molecular flexibility index (Phi) is 6.82. The van der Waals surface area contributed by atoms with Crippen LogP contribution in [0.25, 0.3) is 0 Å². The van der Waals surface area contributed by atoms with Gasteiger partial charge in [-0.25, -0.2) is 8.78 Å². The van der Waals surface area contributed by atoms with Crippen molar-refractivity contribution in [1.29, 1.82) is 0 Å². The lowest BCUT2D eigenvalue weighted by atomic mass is 9.88. The molecule has 0 radical (unpaired) electrons. The summed E-state index contributed by atoms with van der Waals surface area (Å²) < 4.78 is 26.4. The van der Waals surface area contributed by atoms with Crippen molar-refractivity contribution >= 4 is 23.1 Å². The molecule has 0 bridgehead atoms. The maximum Gasteiger partial charge on any atom is 0.257 e. The molecule has 4 nitrogen and oxygen atoms in total. The van der Waals surface area contributed by atoms with Gasteiger partial charge in [0, 0.05) is 30.3 Å². The fourth-order valence-electron chi connectivity index (χ4n) is 4.38. The average molecular weight is 449 g/mol. The number of ketones is 1. The van der Waals surface area contributed by atoms with E-state index in [2.05, 4.69) is 10.2 Å². The summed E-state index contributed by atoms with van der Waals surface area (Å²) in [4.78, 5) is 28.1. The van der Waals surface area contributed by atoms with Crippen LogP contribution in [-0.2, 0) is 6.42 Å². The van der Waals surface area contributed by atoms with Gasteiger partial charge in [0.1, 0.15) is 11.6 Å². The minimum absolute atomic E-state index is 0.0349. The summed E-state index contributed by atoms with van der Waals surface area (Å²) >= 11 is 0. The first-order chi connectivity index (χ1) is 16.0. The van der Waals surface area contributed by atoms with Gasteiger partial charge in [-0.2, -0.15) is 0 Å². The molecule has 0 aliphatic carbocycles. The highest BCUT2D eigenvalue weighted by Gasteiger charge is 2.28. The van der Waals surface area contributed by atoms with Crippen molar-refractivity contribution in [3.63, 3.8) is 0 Å². The van der Waals surface area contributed by atoms with Crippen LogP contribution in [0.2, 0.25) is 0 Å². The standard InChI is InChI=1S/C27H26F2N2O2/c1-2-18-4-3-5-24(27(33)30-23-12-10-22(29)11-13-23)25(18)31-16-14-20(15-17-31)26(32)19-6-8-21(28)9-7-19/h3-13,20H,2,14-17H2,1H3,(H,30,33). The van der Waals surface area contributed by atoms with Gasteiger partial charge in [0.25, 0.3) is 5.91 Å². The molecular weight excluding hydrogens is 422 g/mol. The minimum Gasteiger partial charge on any atom is -0.371 e. The molecule has 3 aromatic rings. The van der Waals surface area contributed by atoms with E-state index in [4.69, 9.17) is 0 Å². The second-order valence-electron chi connectivity index (χ2n) is 8.26. The fraction of sp³-hybridized carbons (Fsp3) is 0.259. The summed E-state index contributed by atoms with van der Waals surface area (Å²) in [5.74, 6) is -1.06. The van der Waals surface area contributed by atoms with Crippen LogP contribution in [0.5, 0.6) is 0 Å². The molecule has 0 saturated carbocycles. The first-order valence-corrected chi connectivity index (χ1v) is 11.2. The number of hydrogen-bond donors (Lipinski definition) is 1. The molecule has 1 amide bonds. The minimum atomic E-state index is -0.361. The van der Waals surface area contributed by atoms with Crippen LogP contribution < -0.4 is 10.2 Å². The molecule has 33 heavy (non-hydrogen) atoms. The van der Waals surface area contributed by atoms with Crippen molar-refractivity contribution in [1.82, 2.24) is 0 Å². The van der Waals surface area contributed by atoms with E-state index < -0.39 is 0 Å². The summed E-state index contributed by atoms with van der Waals surface area (Å²) in [5, 5.41) is 2.85. The molecule has 0 aromatic heterocycles. The number of carbonyl (C=O) groups excluding carboxylic acids is 2. The van der Waals surface area contributed by atoms with Crippen LogP contribution >= 0.6 is 0 Å². The largest absolute Gasteiger partial charge is 0.371 e. The van der Waals surface area contributed by atoms with Crippen LogP contribution in [0.15, 0.2) is 66.7 Å². The molecule has 4 rings (SSSR count). The normalized spacial score (nSPS) is 14.2. The number of halogens is 2. The Morgan fingerprint density at radius 1 is 0.909 bits per heavy atom. The molecule has 0 unspecified atom stereocenters.